The van der Waals surface area contributed by atoms with Crippen molar-refractivity contribution >= 4 is 5.97 Å². The van der Waals surface area contributed by atoms with Crippen LogP contribution in [0.5, 0.6) is 0 Å². The highest BCUT2D eigenvalue weighted by molar-refractivity contribution is 5.78. The van der Waals surface area contributed by atoms with Crippen LogP contribution < -0.4 is 0 Å². The molecule has 1 unspecified atom stereocenters. The van der Waals surface area contributed by atoms with Crippen LogP contribution in [-0.4, -0.2) is 12.6 Å². The van der Waals surface area contributed by atoms with E-state index in [9.17, 15) is 4.79 Å². The predicted octanol–water partition coefficient (Wildman–Crippen LogP) is 3.49. The first-order valence-corrected chi connectivity index (χ1v) is 6.06. The number of esters is 1. The van der Waals surface area contributed by atoms with Crippen LogP contribution in [0.25, 0.3) is 0 Å². The number of rotatable bonds is 3. The molecule has 0 aliphatic heterocycles. The molecule has 0 aromatic rings. The summed E-state index contributed by atoms with van der Waals surface area (Å²) in [5.74, 6) is -0.200. The molecule has 0 saturated heterocycles. The Bertz CT molecular complexity index is 311. The van der Waals surface area contributed by atoms with Crippen molar-refractivity contribution in [2.24, 2.45) is 11.3 Å². The summed E-state index contributed by atoms with van der Waals surface area (Å²) in [4.78, 5) is 12.0. The van der Waals surface area contributed by atoms with Crippen molar-refractivity contribution in [3.63, 3.8) is 0 Å². The van der Waals surface area contributed by atoms with Crippen molar-refractivity contribution in [1.29, 1.82) is 0 Å². The molecule has 0 fully saturated rings. The number of hydrogen-bond donors (Lipinski definition) is 0. The summed E-state index contributed by atoms with van der Waals surface area (Å²) in [7, 11) is 0. The minimum absolute atomic E-state index is 0.0397. The van der Waals surface area contributed by atoms with E-state index in [1.807, 2.05) is 6.92 Å². The lowest BCUT2D eigenvalue weighted by Gasteiger charge is -2.35. The zero-order valence-electron chi connectivity index (χ0n) is 10.7. The molecule has 0 aromatic heterocycles. The fourth-order valence-corrected chi connectivity index (χ4v) is 2.27. The highest BCUT2D eigenvalue weighted by Gasteiger charge is 2.39. The van der Waals surface area contributed by atoms with Crippen LogP contribution in [0.15, 0.2) is 23.8 Å². The average Bonchev–Trinajstić information content (AvgIpc) is 2.17. The molecule has 0 spiro atoms. The zero-order valence-corrected chi connectivity index (χ0v) is 10.7. The van der Waals surface area contributed by atoms with Gasteiger partial charge in [-0.2, -0.15) is 0 Å². The van der Waals surface area contributed by atoms with Gasteiger partial charge in [0.15, 0.2) is 0 Å². The maximum Gasteiger partial charge on any atom is 0.313 e. The van der Waals surface area contributed by atoms with Crippen molar-refractivity contribution < 1.29 is 9.53 Å². The van der Waals surface area contributed by atoms with Crippen LogP contribution in [0.3, 0.4) is 0 Å². The molecule has 16 heavy (non-hydrogen) atoms. The first-order valence-electron chi connectivity index (χ1n) is 6.06. The molecule has 0 heterocycles. The number of ether oxygens (including phenoxy) is 1. The Balaban J connectivity index is 3.00. The zero-order chi connectivity index (χ0) is 12.2. The Morgan fingerprint density at radius 3 is 2.81 bits per heavy atom. The minimum Gasteiger partial charge on any atom is -0.466 e. The fraction of sp³-hybridized carbons (Fsp3) is 0.643. The Morgan fingerprint density at radius 2 is 2.25 bits per heavy atom. The molecular weight excluding hydrogens is 200 g/mol. The van der Waals surface area contributed by atoms with Gasteiger partial charge in [0.05, 0.1) is 12.5 Å². The lowest BCUT2D eigenvalue weighted by molar-refractivity contribution is -0.150. The maximum absolute atomic E-state index is 12.0. The van der Waals surface area contributed by atoms with E-state index in [4.69, 9.17) is 4.74 Å². The Hall–Kier alpha value is -1.05. The van der Waals surface area contributed by atoms with Crippen LogP contribution in [-0.2, 0) is 9.53 Å². The van der Waals surface area contributed by atoms with Crippen molar-refractivity contribution in [3.05, 3.63) is 23.8 Å². The van der Waals surface area contributed by atoms with Gasteiger partial charge in [0, 0.05) is 0 Å². The number of carbonyl (C=O) groups is 1. The predicted molar refractivity (Wildman–Crippen MR) is 66.0 cm³/mol. The smallest absolute Gasteiger partial charge is 0.313 e. The molecular formula is C14H22O2. The normalized spacial score (nSPS) is 25.8. The first kappa shape index (κ1) is 13.0. The van der Waals surface area contributed by atoms with Gasteiger partial charge in [-0.05, 0) is 30.8 Å². The van der Waals surface area contributed by atoms with Crippen LogP contribution in [0.2, 0.25) is 0 Å². The minimum atomic E-state index is -0.114. The van der Waals surface area contributed by atoms with Gasteiger partial charge < -0.3 is 4.74 Å². The lowest BCUT2D eigenvalue weighted by Crippen LogP contribution is -2.35. The molecule has 2 nitrogen and oxygen atoms in total. The number of hydrogen-bond acceptors (Lipinski definition) is 2. The second kappa shape index (κ2) is 5.33. The van der Waals surface area contributed by atoms with Gasteiger partial charge in [-0.1, -0.05) is 39.0 Å². The molecule has 0 amide bonds. The molecule has 90 valence electrons. The van der Waals surface area contributed by atoms with Gasteiger partial charge in [0.1, 0.15) is 0 Å². The summed E-state index contributed by atoms with van der Waals surface area (Å²) < 4.78 is 5.18. The van der Waals surface area contributed by atoms with Gasteiger partial charge >= 0.3 is 5.97 Å². The van der Waals surface area contributed by atoms with Crippen LogP contribution in [0.1, 0.15) is 40.5 Å². The summed E-state index contributed by atoms with van der Waals surface area (Å²) in [5.41, 5.74) is 1.07. The Morgan fingerprint density at radius 1 is 1.56 bits per heavy atom. The summed E-state index contributed by atoms with van der Waals surface area (Å²) in [6.07, 6.45) is 8.22. The van der Waals surface area contributed by atoms with E-state index in [0.717, 1.165) is 18.4 Å². The van der Waals surface area contributed by atoms with Crippen molar-refractivity contribution in [1.82, 2.24) is 0 Å². The average molecular weight is 222 g/mol. The van der Waals surface area contributed by atoms with E-state index in [-0.39, 0.29) is 17.3 Å². The third-order valence-corrected chi connectivity index (χ3v) is 3.03. The first-order chi connectivity index (χ1) is 7.53. The summed E-state index contributed by atoms with van der Waals surface area (Å²) in [6.45, 7) is 8.65. The Kier molecular flexibility index (Phi) is 4.34. The van der Waals surface area contributed by atoms with E-state index < -0.39 is 0 Å². The largest absolute Gasteiger partial charge is 0.466 e. The maximum atomic E-state index is 12.0. The van der Waals surface area contributed by atoms with Crippen molar-refractivity contribution in [2.45, 2.75) is 40.5 Å². The third-order valence-electron chi connectivity index (χ3n) is 3.03. The van der Waals surface area contributed by atoms with Gasteiger partial charge in [-0.15, -0.1) is 0 Å². The third kappa shape index (κ3) is 2.75. The van der Waals surface area contributed by atoms with Gasteiger partial charge in [-0.3, -0.25) is 4.79 Å². The Labute approximate surface area is 98.4 Å². The van der Waals surface area contributed by atoms with Crippen LogP contribution >= 0.6 is 0 Å². The second-order valence-corrected chi connectivity index (χ2v) is 4.89. The lowest BCUT2D eigenvalue weighted by atomic mass is 9.69. The van der Waals surface area contributed by atoms with Crippen LogP contribution in [0.4, 0.5) is 0 Å². The SMILES string of the molecule is CCC=C1C=CCC(C)(C)C1C(=O)OCC. The van der Waals surface area contributed by atoms with E-state index in [1.54, 1.807) is 0 Å². The number of carbonyl (C=O) groups excluding carboxylic acids is 1. The van der Waals surface area contributed by atoms with Crippen LogP contribution in [0, 0.1) is 11.3 Å². The molecule has 1 aliphatic carbocycles. The van der Waals surface area contributed by atoms with Gasteiger partial charge in [0.2, 0.25) is 0 Å². The molecule has 1 aliphatic rings. The molecule has 0 aromatic carbocycles. The van der Waals surface area contributed by atoms with E-state index in [1.165, 1.54) is 0 Å². The van der Waals surface area contributed by atoms with E-state index in [2.05, 4.69) is 39.0 Å². The summed E-state index contributed by atoms with van der Waals surface area (Å²) in [5, 5.41) is 0. The highest BCUT2D eigenvalue weighted by atomic mass is 16.5. The molecule has 0 radical (unpaired) electrons. The number of allylic oxidation sites excluding steroid dienone is 3. The quantitative estimate of drug-likeness (QED) is 0.683. The molecule has 0 N–H and O–H groups in total. The van der Waals surface area contributed by atoms with Crippen molar-refractivity contribution in [2.75, 3.05) is 6.61 Å². The topological polar surface area (TPSA) is 26.3 Å². The summed E-state index contributed by atoms with van der Waals surface area (Å²) >= 11 is 0. The molecule has 0 bridgehead atoms. The molecule has 1 atom stereocenters. The standard InChI is InChI=1S/C14H22O2/c1-5-8-11-9-7-10-14(3,4)12(11)13(15)16-6-2/h7-9,12H,5-6,10H2,1-4H3. The molecule has 1 rings (SSSR count). The fourth-order valence-electron chi connectivity index (χ4n) is 2.27. The summed E-state index contributed by atoms with van der Waals surface area (Å²) in [6, 6.07) is 0. The molecule has 0 saturated carbocycles. The second-order valence-electron chi connectivity index (χ2n) is 4.89. The van der Waals surface area contributed by atoms with E-state index >= 15 is 0 Å². The highest BCUT2D eigenvalue weighted by Crippen LogP contribution is 2.41. The van der Waals surface area contributed by atoms with Crippen molar-refractivity contribution in [3.8, 4) is 0 Å². The van der Waals surface area contributed by atoms with E-state index in [0.29, 0.717) is 6.61 Å². The molecule has 2 heteroatoms. The monoisotopic (exact) mass is 222 g/mol. The van der Waals surface area contributed by atoms with Gasteiger partial charge in [0.25, 0.3) is 0 Å². The van der Waals surface area contributed by atoms with Gasteiger partial charge in [-0.25, -0.2) is 0 Å².